The molecular weight excluding hydrogens is 753 g/mol. The third-order valence-electron chi connectivity index (χ3n) is 11.9. The maximum atomic E-state index is 12.4. The maximum Gasteiger partial charge on any atom is 0.361 e. The van der Waals surface area contributed by atoms with Gasteiger partial charge in [-0.1, -0.05) is 206 Å². The Hall–Kier alpha value is -1.71. The van der Waals surface area contributed by atoms with Crippen LogP contribution in [0.2, 0.25) is 0 Å². The smallest absolute Gasteiger partial charge is 0.361 e. The predicted molar refractivity (Wildman–Crippen MR) is 251 cm³/mol. The predicted octanol–water partition coefficient (Wildman–Crippen LogP) is 12.7. The number of likely N-dealkylation sites (N-methyl/N-ethyl adjacent to an activating group) is 2. The van der Waals surface area contributed by atoms with E-state index in [-0.39, 0.29) is 44.1 Å². The lowest BCUT2D eigenvalue weighted by Gasteiger charge is -2.28. The molecule has 0 aromatic rings. The molecule has 0 atom stereocenters. The van der Waals surface area contributed by atoms with Gasteiger partial charge in [0.05, 0.1) is 61.0 Å². The molecule has 0 aliphatic rings. The number of quaternary nitrogens is 2. The van der Waals surface area contributed by atoms with Crippen LogP contribution in [0.15, 0.2) is 0 Å². The van der Waals surface area contributed by atoms with E-state index in [9.17, 15) is 14.4 Å². The SMILES string of the molecule is CCCCCCCCCCCCCCCCCCOC(=O)C[N+](C)(C)CCOCCC(=O)OCC[N+](C)(C)CC(=O)OCCCCCCCCCCCCCCCCCC. The molecule has 356 valence electrons. The Labute approximate surface area is 372 Å². The minimum Gasteiger partial charge on any atom is -0.462 e. The number of ether oxygens (including phenoxy) is 4. The largest absolute Gasteiger partial charge is 0.462 e. The first-order chi connectivity index (χ1) is 29.0. The summed E-state index contributed by atoms with van der Waals surface area (Å²) in [6.45, 7) is 8.20. The second-order valence-corrected chi connectivity index (χ2v) is 19.3. The fourth-order valence-electron chi connectivity index (χ4n) is 7.67. The van der Waals surface area contributed by atoms with Gasteiger partial charge >= 0.3 is 17.9 Å². The van der Waals surface area contributed by atoms with Crippen molar-refractivity contribution in [2.75, 3.05) is 87.4 Å². The highest BCUT2D eigenvalue weighted by Gasteiger charge is 2.23. The number of carbonyl (C=O) groups excluding carboxylic acids is 3. The molecule has 0 aromatic heterocycles. The molecule has 60 heavy (non-hydrogen) atoms. The summed E-state index contributed by atoms with van der Waals surface area (Å²) in [4.78, 5) is 37.1. The van der Waals surface area contributed by atoms with E-state index in [1.165, 1.54) is 180 Å². The number of carbonyl (C=O) groups is 3. The lowest BCUT2D eigenvalue weighted by Crippen LogP contribution is -2.46. The van der Waals surface area contributed by atoms with Gasteiger partial charge in [0.15, 0.2) is 13.1 Å². The number of esters is 3. The van der Waals surface area contributed by atoms with E-state index in [1.807, 2.05) is 28.2 Å². The van der Waals surface area contributed by atoms with Crippen LogP contribution in [0, 0.1) is 0 Å². The Kier molecular flexibility index (Phi) is 41.4. The molecule has 0 saturated heterocycles. The lowest BCUT2D eigenvalue weighted by molar-refractivity contribution is -0.883. The number of hydrogen-bond acceptors (Lipinski definition) is 7. The first kappa shape index (κ1) is 58.3. The van der Waals surface area contributed by atoms with Crippen LogP contribution in [-0.2, 0) is 33.3 Å². The first-order valence-corrected chi connectivity index (χ1v) is 25.7. The van der Waals surface area contributed by atoms with Crippen molar-refractivity contribution in [3.8, 4) is 0 Å². The minimum absolute atomic E-state index is 0.170. The van der Waals surface area contributed by atoms with Crippen molar-refractivity contribution in [2.45, 2.75) is 226 Å². The summed E-state index contributed by atoms with van der Waals surface area (Å²) in [5.74, 6) is -0.687. The standard InChI is InChI=1S/C51H102N2O7/c1-7-9-11-13-15-17-19-21-23-25-27-29-31-33-35-37-42-58-50(55)47-52(3,4)40-45-57-44-39-49(54)60-46-41-53(5,6)48-51(56)59-43-38-36-34-32-30-28-26-24-22-20-18-16-14-12-10-8-2/h7-48H2,1-6H3/q+2. The van der Waals surface area contributed by atoms with Gasteiger partial charge in [-0.15, -0.1) is 0 Å². The van der Waals surface area contributed by atoms with Crippen LogP contribution in [-0.4, -0.2) is 114 Å². The molecule has 9 heteroatoms. The fraction of sp³-hybridized carbons (Fsp3) is 0.941. The molecule has 0 spiro atoms. The molecule has 0 bridgehead atoms. The van der Waals surface area contributed by atoms with Gasteiger partial charge in [-0.25, -0.2) is 9.59 Å². The van der Waals surface area contributed by atoms with Gasteiger partial charge in [0.25, 0.3) is 0 Å². The van der Waals surface area contributed by atoms with Crippen molar-refractivity contribution in [1.82, 2.24) is 0 Å². The quantitative estimate of drug-likeness (QED) is 0.0261. The summed E-state index contributed by atoms with van der Waals surface area (Å²) in [5.41, 5.74) is 0. The zero-order valence-corrected chi connectivity index (χ0v) is 41.0. The van der Waals surface area contributed by atoms with Crippen LogP contribution >= 0.6 is 0 Å². The molecule has 9 nitrogen and oxygen atoms in total. The molecule has 0 saturated carbocycles. The molecule has 0 unspecified atom stereocenters. The van der Waals surface area contributed by atoms with Crippen molar-refractivity contribution in [3.05, 3.63) is 0 Å². The Morgan fingerprint density at radius 2 is 0.583 bits per heavy atom. The van der Waals surface area contributed by atoms with Crippen LogP contribution in [0.25, 0.3) is 0 Å². The molecule has 0 aliphatic carbocycles. The average Bonchev–Trinajstić information content (AvgIpc) is 3.19. The van der Waals surface area contributed by atoms with E-state index in [1.54, 1.807) is 0 Å². The van der Waals surface area contributed by atoms with E-state index in [2.05, 4.69) is 13.8 Å². The van der Waals surface area contributed by atoms with E-state index in [4.69, 9.17) is 18.9 Å². The van der Waals surface area contributed by atoms with Crippen LogP contribution in [0.5, 0.6) is 0 Å². The second-order valence-electron chi connectivity index (χ2n) is 19.3. The van der Waals surface area contributed by atoms with Crippen molar-refractivity contribution < 1.29 is 42.3 Å². The molecular formula is C51H102N2O7+2. The van der Waals surface area contributed by atoms with Gasteiger partial charge < -0.3 is 27.9 Å². The highest BCUT2D eigenvalue weighted by molar-refractivity contribution is 5.71. The zero-order valence-electron chi connectivity index (χ0n) is 41.0. The Balaban J connectivity index is 3.67. The van der Waals surface area contributed by atoms with Crippen molar-refractivity contribution >= 4 is 17.9 Å². The normalized spacial score (nSPS) is 11.9. The summed E-state index contributed by atoms with van der Waals surface area (Å²) >= 11 is 0. The molecule has 0 rings (SSSR count). The highest BCUT2D eigenvalue weighted by atomic mass is 16.5. The van der Waals surface area contributed by atoms with E-state index in [0.717, 1.165) is 25.7 Å². The maximum absolute atomic E-state index is 12.4. The Morgan fingerprint density at radius 1 is 0.317 bits per heavy atom. The number of nitrogens with zero attached hydrogens (tertiary/aromatic N) is 2. The Morgan fingerprint density at radius 3 is 0.900 bits per heavy atom. The van der Waals surface area contributed by atoms with Gasteiger partial charge in [-0.05, 0) is 12.8 Å². The van der Waals surface area contributed by atoms with Crippen molar-refractivity contribution in [1.29, 1.82) is 0 Å². The molecule has 0 radical (unpaired) electrons. The fourth-order valence-corrected chi connectivity index (χ4v) is 7.67. The summed E-state index contributed by atoms with van der Waals surface area (Å²) < 4.78 is 23.0. The van der Waals surface area contributed by atoms with Crippen LogP contribution in [0.3, 0.4) is 0 Å². The molecule has 0 amide bonds. The van der Waals surface area contributed by atoms with Gasteiger partial charge in [-0.2, -0.15) is 0 Å². The van der Waals surface area contributed by atoms with Gasteiger partial charge in [0, 0.05) is 0 Å². The third-order valence-corrected chi connectivity index (χ3v) is 11.9. The molecule has 0 aromatic carbocycles. The number of rotatable bonds is 47. The van der Waals surface area contributed by atoms with E-state index < -0.39 is 0 Å². The summed E-state index contributed by atoms with van der Waals surface area (Å²) in [7, 11) is 7.88. The average molecular weight is 855 g/mol. The summed E-state index contributed by atoms with van der Waals surface area (Å²) in [5, 5.41) is 0. The van der Waals surface area contributed by atoms with Crippen molar-refractivity contribution in [3.63, 3.8) is 0 Å². The van der Waals surface area contributed by atoms with Crippen LogP contribution in [0.1, 0.15) is 226 Å². The van der Waals surface area contributed by atoms with Gasteiger partial charge in [-0.3, -0.25) is 4.79 Å². The van der Waals surface area contributed by atoms with Crippen molar-refractivity contribution in [2.24, 2.45) is 0 Å². The second kappa shape index (κ2) is 42.6. The van der Waals surface area contributed by atoms with E-state index in [0.29, 0.717) is 48.4 Å². The van der Waals surface area contributed by atoms with Gasteiger partial charge in [0.1, 0.15) is 19.7 Å². The summed E-state index contributed by atoms with van der Waals surface area (Å²) in [6.07, 6.45) is 42.5. The Bertz CT molecular complexity index is 973. The number of unbranched alkanes of at least 4 members (excludes halogenated alkanes) is 30. The minimum atomic E-state index is -0.313. The van der Waals surface area contributed by atoms with Crippen LogP contribution < -0.4 is 0 Å². The summed E-state index contributed by atoms with van der Waals surface area (Å²) in [6, 6.07) is 0. The lowest BCUT2D eigenvalue weighted by atomic mass is 10.0. The van der Waals surface area contributed by atoms with Crippen LogP contribution in [0.4, 0.5) is 0 Å². The number of hydrogen-bond donors (Lipinski definition) is 0. The zero-order chi connectivity index (χ0) is 44.3. The molecule has 0 N–H and O–H groups in total. The van der Waals surface area contributed by atoms with E-state index >= 15 is 0 Å². The highest BCUT2D eigenvalue weighted by Crippen LogP contribution is 2.15. The molecule has 0 heterocycles. The molecule has 0 fully saturated rings. The van der Waals surface area contributed by atoms with Gasteiger partial charge in [0.2, 0.25) is 0 Å². The topological polar surface area (TPSA) is 88.1 Å². The third kappa shape index (κ3) is 44.3. The molecule has 0 aliphatic heterocycles. The first-order valence-electron chi connectivity index (χ1n) is 25.7. The monoisotopic (exact) mass is 855 g/mol.